The predicted molar refractivity (Wildman–Crippen MR) is 608 cm³/mol. The van der Waals surface area contributed by atoms with Crippen LogP contribution in [-0.4, -0.2) is 40.8 Å². The number of nitrogens with zero attached hydrogens (tertiary/aromatic N) is 8. The van der Waals surface area contributed by atoms with E-state index >= 15 is 0 Å². The minimum Gasteiger partial charge on any atom is -0.416 e. The van der Waals surface area contributed by atoms with Crippen LogP contribution in [0.2, 0.25) is 0 Å². The molecule has 700 valence electrons. The van der Waals surface area contributed by atoms with E-state index in [4.69, 9.17) is 17.7 Å². The van der Waals surface area contributed by atoms with Crippen molar-refractivity contribution in [3.8, 4) is 192 Å². The first kappa shape index (κ1) is 88.1. The Labute approximate surface area is 858 Å². The van der Waals surface area contributed by atoms with E-state index in [0.29, 0.717) is 47.1 Å². The molecular weight excluding hydrogens is 1820 g/mol. The van der Waals surface area contributed by atoms with Gasteiger partial charge in [0, 0.05) is 44.5 Å². The molecular formula is C137H88N8O4. The lowest BCUT2D eigenvalue weighted by Gasteiger charge is -2.21. The van der Waals surface area contributed by atoms with Gasteiger partial charge in [0.05, 0.1) is 0 Å². The molecule has 0 fully saturated rings. The summed E-state index contributed by atoms with van der Waals surface area (Å²) in [5.74, 6) is 3.92. The Morgan fingerprint density at radius 2 is 0.282 bits per heavy atom. The van der Waals surface area contributed by atoms with Crippen molar-refractivity contribution in [2.24, 2.45) is 0 Å². The highest BCUT2D eigenvalue weighted by Gasteiger charge is 2.30. The number of hydrogen-bond acceptors (Lipinski definition) is 12. The van der Waals surface area contributed by atoms with Gasteiger partial charge in [0.2, 0.25) is 47.1 Å². The third-order valence-electron chi connectivity index (χ3n) is 29.1. The van der Waals surface area contributed by atoms with Crippen molar-refractivity contribution in [3.63, 3.8) is 0 Å². The standard InChI is InChI=1S/C48H30N2O.C45H32N2O.C44H26N4O2/c1-4-10-31(11-5-1)33-16-20-35(21-17-33)39-26-24-37-25-27-41-43(36-22-18-34(19-23-36)32-12-6-2-7-13-32)30-44(42-29-28-40(39)45(37)46(41)42)48-50-49-47(51-48)38-14-8-3-9-15-38;1-27-9-15-30(16-10-27)38-25-39(31-17-11-28(2)12-18-31)35-23-24-37-41(45-47-46-44(48-45)33-7-5-4-6-8-33)26-40(32-19-13-29(3)14-20-32)36-22-21-34(38)42(35)43(36)37;1-5-13-27(14-6-1)35-25-37(43-47-45-41(49-43)29-17-9-3-10-18-29)33-24-22-32-36(28-15-7-2-8-16-28)26-38(34-23-21-31(35)39(33)40(32)34)44-48-46-42(50-44)30-19-11-4-12-20-30/h1-30H;4-26H,1-3H3;1-26H. The molecule has 149 heavy (non-hydrogen) atoms. The van der Waals surface area contributed by atoms with Crippen LogP contribution in [0.25, 0.3) is 289 Å². The minimum atomic E-state index is 0.465. The van der Waals surface area contributed by atoms with Crippen molar-refractivity contribution < 1.29 is 17.7 Å². The van der Waals surface area contributed by atoms with E-state index in [2.05, 4.69) is 407 Å². The summed E-state index contributed by atoms with van der Waals surface area (Å²) in [4.78, 5) is 0. The number of hydrogen-bond donors (Lipinski definition) is 0. The average molecular weight is 1910 g/mol. The predicted octanol–water partition coefficient (Wildman–Crippen LogP) is 36.5. The maximum absolute atomic E-state index is 6.44. The molecule has 12 heteroatoms. The van der Waals surface area contributed by atoms with Crippen LogP contribution >= 0.6 is 0 Å². The van der Waals surface area contributed by atoms with Gasteiger partial charge < -0.3 is 17.7 Å². The van der Waals surface area contributed by atoms with Crippen LogP contribution in [0.3, 0.4) is 0 Å². The molecule has 25 aromatic carbocycles. The molecule has 0 amide bonds. The minimum absolute atomic E-state index is 0.465. The van der Waals surface area contributed by atoms with Gasteiger partial charge in [0.1, 0.15) is 0 Å². The summed E-state index contributed by atoms with van der Waals surface area (Å²) in [7, 11) is 0. The van der Waals surface area contributed by atoms with E-state index in [1.165, 1.54) is 126 Å². The number of rotatable bonds is 17. The van der Waals surface area contributed by atoms with Gasteiger partial charge >= 0.3 is 0 Å². The second-order valence-electron chi connectivity index (χ2n) is 38.2. The van der Waals surface area contributed by atoms with E-state index in [9.17, 15) is 0 Å². The van der Waals surface area contributed by atoms with Gasteiger partial charge in [-0.05, 0) is 297 Å². The molecule has 12 nitrogen and oxygen atoms in total. The molecule has 0 aliphatic heterocycles. The Morgan fingerprint density at radius 1 is 0.121 bits per heavy atom. The molecule has 0 saturated carbocycles. The molecule has 0 unspecified atom stereocenters. The maximum atomic E-state index is 6.44. The molecule has 0 bridgehead atoms. The first-order valence-electron chi connectivity index (χ1n) is 50.1. The summed E-state index contributed by atoms with van der Waals surface area (Å²) >= 11 is 0. The third kappa shape index (κ3) is 16.0. The molecule has 0 radical (unpaired) electrons. The van der Waals surface area contributed by atoms with Gasteiger partial charge in [0.25, 0.3) is 0 Å². The molecule has 4 heterocycles. The summed E-state index contributed by atoms with van der Waals surface area (Å²) in [6.45, 7) is 6.41. The zero-order valence-electron chi connectivity index (χ0n) is 81.3. The molecule has 4 aromatic heterocycles. The highest BCUT2D eigenvalue weighted by atomic mass is 16.4. The van der Waals surface area contributed by atoms with Crippen LogP contribution in [-0.2, 0) is 0 Å². The Balaban J connectivity index is 0.000000110. The van der Waals surface area contributed by atoms with E-state index in [0.717, 1.165) is 132 Å². The van der Waals surface area contributed by atoms with E-state index < -0.39 is 0 Å². The monoisotopic (exact) mass is 1910 g/mol. The van der Waals surface area contributed by atoms with Crippen LogP contribution in [0.5, 0.6) is 0 Å². The van der Waals surface area contributed by atoms with Crippen LogP contribution < -0.4 is 0 Å². The lowest BCUT2D eigenvalue weighted by atomic mass is 9.82. The van der Waals surface area contributed by atoms with Crippen LogP contribution in [0.1, 0.15) is 16.7 Å². The summed E-state index contributed by atoms with van der Waals surface area (Å²) in [6.07, 6.45) is 0. The van der Waals surface area contributed by atoms with E-state index in [1.54, 1.807) is 0 Å². The molecule has 0 aliphatic carbocycles. The van der Waals surface area contributed by atoms with Crippen molar-refractivity contribution in [2.45, 2.75) is 20.8 Å². The molecule has 0 atom stereocenters. The number of aromatic nitrogens is 8. The Hall–Kier alpha value is -19.8. The van der Waals surface area contributed by atoms with Gasteiger partial charge in [0.15, 0.2) is 0 Å². The quantitative estimate of drug-likeness (QED) is 0.0797. The lowest BCUT2D eigenvalue weighted by Crippen LogP contribution is -1.94. The Bertz CT molecular complexity index is 9770. The first-order chi connectivity index (χ1) is 73.6. The van der Waals surface area contributed by atoms with Crippen LogP contribution in [0.15, 0.2) is 497 Å². The van der Waals surface area contributed by atoms with Crippen molar-refractivity contribution >= 4 is 97.0 Å². The molecule has 29 aromatic rings. The van der Waals surface area contributed by atoms with Crippen molar-refractivity contribution in [1.29, 1.82) is 0 Å². The lowest BCUT2D eigenvalue weighted by molar-refractivity contribution is 0.585. The fourth-order valence-electron chi connectivity index (χ4n) is 21.8. The van der Waals surface area contributed by atoms with Gasteiger partial charge in [-0.1, -0.05) is 417 Å². The maximum Gasteiger partial charge on any atom is 0.248 e. The SMILES string of the molecule is Cc1ccc(-c2cc(-c3ccc(C)cc3)c3ccc4c(-c5nnc(-c6ccccc6)o5)cc(-c5ccc(C)cc5)c5ccc2c3c54)cc1.c1ccc(-c2ccc(-c3ccc4ccc5c(-c6ccc(-c7ccccc7)cc6)cc(-c6nnc(-c7ccccc7)o6)c6ccc3c4c56)cc2)cc1.c1ccc(-c2nnc(-c3cc(-c4ccccc4)c4ccc5c(-c6nnc(-c7ccccc7)o6)cc(-c6ccccc6)c6ccc3c4c65)o2)cc1. The molecule has 29 rings (SSSR count). The van der Waals surface area contributed by atoms with Crippen molar-refractivity contribution in [2.75, 3.05) is 0 Å². The fraction of sp³-hybridized carbons (Fsp3) is 0.0219. The molecule has 0 saturated heterocycles. The fourth-order valence-corrected chi connectivity index (χ4v) is 21.8. The van der Waals surface area contributed by atoms with Crippen LogP contribution in [0.4, 0.5) is 0 Å². The highest BCUT2D eigenvalue weighted by molar-refractivity contribution is 6.35. The van der Waals surface area contributed by atoms with Gasteiger partial charge in [-0.2, -0.15) is 0 Å². The highest BCUT2D eigenvalue weighted by Crippen LogP contribution is 2.54. The topological polar surface area (TPSA) is 156 Å². The van der Waals surface area contributed by atoms with Gasteiger partial charge in [-0.25, -0.2) is 0 Å². The van der Waals surface area contributed by atoms with Crippen LogP contribution in [0, 0.1) is 20.8 Å². The molecule has 0 N–H and O–H groups in total. The Kier molecular flexibility index (Phi) is 22.0. The molecule has 0 aliphatic rings. The second kappa shape index (κ2) is 37.2. The summed E-state index contributed by atoms with van der Waals surface area (Å²) in [5, 5.41) is 57.2. The Morgan fingerprint density at radius 3 is 0.537 bits per heavy atom. The first-order valence-corrected chi connectivity index (χ1v) is 50.1. The zero-order chi connectivity index (χ0) is 99.1. The zero-order valence-corrected chi connectivity index (χ0v) is 81.3. The number of aryl methyl sites for hydroxylation is 3. The van der Waals surface area contributed by atoms with Gasteiger partial charge in [-0.3, -0.25) is 0 Å². The summed E-state index contributed by atoms with van der Waals surface area (Å²) in [6, 6.07) is 169. The normalized spacial score (nSPS) is 11.6. The molecule has 0 spiro atoms. The summed E-state index contributed by atoms with van der Waals surface area (Å²) < 4.78 is 25.7. The third-order valence-corrected chi connectivity index (χ3v) is 29.1. The largest absolute Gasteiger partial charge is 0.416 e. The van der Waals surface area contributed by atoms with Gasteiger partial charge in [-0.15, -0.1) is 40.8 Å². The van der Waals surface area contributed by atoms with Crippen molar-refractivity contribution in [3.05, 3.63) is 496 Å². The van der Waals surface area contributed by atoms with Crippen molar-refractivity contribution in [1.82, 2.24) is 40.8 Å². The smallest absolute Gasteiger partial charge is 0.248 e. The second-order valence-corrected chi connectivity index (χ2v) is 38.2. The average Bonchev–Trinajstić information content (AvgIpc) is 1.70. The van der Waals surface area contributed by atoms with E-state index in [1.807, 2.05) is 133 Å². The summed E-state index contributed by atoms with van der Waals surface area (Å²) in [5.41, 5.74) is 31.8. The number of benzene rings is 25. The van der Waals surface area contributed by atoms with E-state index in [-0.39, 0.29) is 0 Å².